The van der Waals surface area contributed by atoms with Gasteiger partial charge in [0.25, 0.3) is 0 Å². The number of rotatable bonds is 4. The first kappa shape index (κ1) is 17.4. The van der Waals surface area contributed by atoms with Crippen LogP contribution in [-0.2, 0) is 4.74 Å². The second-order valence-electron chi connectivity index (χ2n) is 6.99. The van der Waals surface area contributed by atoms with Crippen LogP contribution in [0.15, 0.2) is 0 Å². The van der Waals surface area contributed by atoms with Gasteiger partial charge in [-0.2, -0.15) is 9.97 Å². The van der Waals surface area contributed by atoms with Gasteiger partial charge in [0.05, 0.1) is 6.61 Å². The molecule has 4 rings (SSSR count). The molecule has 1 aliphatic carbocycles. The minimum absolute atomic E-state index is 0.240. The molecule has 0 spiro atoms. The van der Waals surface area contributed by atoms with Gasteiger partial charge in [-0.1, -0.05) is 12.8 Å². The van der Waals surface area contributed by atoms with Crippen LogP contribution < -0.4 is 11.1 Å². The quantitative estimate of drug-likeness (QED) is 0.491. The molecule has 0 amide bonds. The lowest BCUT2D eigenvalue weighted by atomic mass is 10.1. The summed E-state index contributed by atoms with van der Waals surface area (Å²) in [6.07, 6.45) is 0.276. The molecule has 0 unspecified atom stereocenters. The van der Waals surface area contributed by atoms with Gasteiger partial charge in [-0.05, 0) is 19.8 Å². The average Bonchev–Trinajstić information content (AvgIpc) is 3.29. The summed E-state index contributed by atoms with van der Waals surface area (Å²) in [5, 5.41) is 33.0. The Kier molecular flexibility index (Phi) is 4.43. The van der Waals surface area contributed by atoms with Crippen molar-refractivity contribution in [3.63, 3.8) is 0 Å². The molecule has 6 N–H and O–H groups in total. The highest BCUT2D eigenvalue weighted by molar-refractivity contribution is 5.83. The number of nitrogens with one attached hydrogen (secondary N) is 1. The smallest absolute Gasteiger partial charge is 0.226 e. The number of aryl methyl sites for hydroxylation is 1. The zero-order valence-corrected chi connectivity index (χ0v) is 14.5. The Hall–Kier alpha value is -2.01. The molecular weight excluding hydrogens is 340 g/mol. The molecule has 2 aromatic rings. The Morgan fingerprint density at radius 1 is 1.19 bits per heavy atom. The van der Waals surface area contributed by atoms with E-state index < -0.39 is 31.1 Å². The van der Waals surface area contributed by atoms with E-state index in [0.717, 1.165) is 12.8 Å². The van der Waals surface area contributed by atoms with Crippen LogP contribution in [0.3, 0.4) is 0 Å². The average molecular weight is 364 g/mol. The highest BCUT2D eigenvalue weighted by atomic mass is 16.6. The van der Waals surface area contributed by atoms with E-state index in [1.165, 1.54) is 12.8 Å². The zero-order valence-electron chi connectivity index (χ0n) is 14.5. The van der Waals surface area contributed by atoms with Crippen molar-refractivity contribution in [3.8, 4) is 0 Å². The maximum atomic E-state index is 10.4. The lowest BCUT2D eigenvalue weighted by Crippen LogP contribution is -2.33. The lowest BCUT2D eigenvalue weighted by molar-refractivity contribution is -0.0519. The topological polar surface area (TPSA) is 152 Å². The second-order valence-corrected chi connectivity index (χ2v) is 6.99. The number of nitrogens with zero attached hydrogens (tertiary/aromatic N) is 4. The second kappa shape index (κ2) is 6.62. The molecule has 2 fully saturated rings. The summed E-state index contributed by atoms with van der Waals surface area (Å²) in [5.74, 6) is 1.17. The summed E-state index contributed by atoms with van der Waals surface area (Å²) < 4.78 is 7.23. The molecule has 1 saturated carbocycles. The summed E-state index contributed by atoms with van der Waals surface area (Å²) in [6, 6.07) is 0.318. The molecule has 0 aromatic carbocycles. The van der Waals surface area contributed by atoms with Crippen LogP contribution in [0.1, 0.15) is 37.7 Å². The fourth-order valence-electron chi connectivity index (χ4n) is 3.82. The van der Waals surface area contributed by atoms with Crippen molar-refractivity contribution in [2.45, 2.75) is 63.2 Å². The molecule has 0 bridgehead atoms. The molecule has 26 heavy (non-hydrogen) atoms. The number of aliphatic hydroxyl groups excluding tert-OH is 3. The Morgan fingerprint density at radius 2 is 1.92 bits per heavy atom. The van der Waals surface area contributed by atoms with Crippen LogP contribution in [-0.4, -0.2) is 65.8 Å². The van der Waals surface area contributed by atoms with Crippen molar-refractivity contribution in [1.82, 2.24) is 19.5 Å². The van der Waals surface area contributed by atoms with Gasteiger partial charge in [-0.3, -0.25) is 4.57 Å². The van der Waals surface area contributed by atoms with Crippen molar-refractivity contribution in [1.29, 1.82) is 0 Å². The number of anilines is 2. The third-order valence-corrected chi connectivity index (χ3v) is 5.20. The van der Waals surface area contributed by atoms with Crippen LogP contribution >= 0.6 is 0 Å². The monoisotopic (exact) mass is 364 g/mol. The summed E-state index contributed by atoms with van der Waals surface area (Å²) in [6.45, 7) is 1.34. The van der Waals surface area contributed by atoms with Crippen LogP contribution in [0.4, 0.5) is 11.8 Å². The van der Waals surface area contributed by atoms with Crippen molar-refractivity contribution in [2.24, 2.45) is 0 Å². The summed E-state index contributed by atoms with van der Waals surface area (Å²) in [4.78, 5) is 13.2. The molecule has 1 saturated heterocycles. The van der Waals surface area contributed by atoms with E-state index in [1.807, 2.05) is 0 Å². The summed E-state index contributed by atoms with van der Waals surface area (Å²) in [7, 11) is 0. The third kappa shape index (κ3) is 2.78. The van der Waals surface area contributed by atoms with Crippen molar-refractivity contribution >= 4 is 22.9 Å². The minimum atomic E-state index is -1.22. The first-order valence-corrected chi connectivity index (χ1v) is 8.90. The number of hydrogen-bond donors (Lipinski definition) is 5. The summed E-state index contributed by atoms with van der Waals surface area (Å²) in [5.41, 5.74) is 6.90. The Morgan fingerprint density at radius 3 is 2.58 bits per heavy atom. The highest BCUT2D eigenvalue weighted by Crippen LogP contribution is 2.34. The van der Waals surface area contributed by atoms with Gasteiger partial charge in [0.1, 0.15) is 24.1 Å². The van der Waals surface area contributed by atoms with E-state index in [9.17, 15) is 15.3 Å². The van der Waals surface area contributed by atoms with Crippen LogP contribution in [0.25, 0.3) is 11.2 Å². The molecular formula is C16H24N6O4. The molecule has 10 heteroatoms. The molecule has 2 aliphatic rings. The number of hydrogen-bond acceptors (Lipinski definition) is 9. The first-order valence-electron chi connectivity index (χ1n) is 8.90. The zero-order chi connectivity index (χ0) is 18.4. The molecule has 2 aromatic heterocycles. The number of nitrogen functional groups attached to an aromatic ring is 1. The summed E-state index contributed by atoms with van der Waals surface area (Å²) >= 11 is 0. The number of ether oxygens (including phenoxy) is 1. The van der Waals surface area contributed by atoms with Gasteiger partial charge in [-0.25, -0.2) is 4.98 Å². The Labute approximate surface area is 150 Å². The van der Waals surface area contributed by atoms with E-state index in [2.05, 4.69) is 20.3 Å². The largest absolute Gasteiger partial charge is 0.394 e. The van der Waals surface area contributed by atoms with Crippen LogP contribution in [0.2, 0.25) is 0 Å². The fourth-order valence-corrected chi connectivity index (χ4v) is 3.82. The molecule has 10 nitrogen and oxygen atoms in total. The number of aliphatic hydroxyl groups is 3. The SMILES string of the molecule is Cc1nc2c(N)nc(NC3CCCC3)nc2n1[C@@H]1O[C@H](CO)[C@@H](O)[C@H]1O. The third-order valence-electron chi connectivity index (χ3n) is 5.20. The van der Waals surface area contributed by atoms with Gasteiger partial charge >= 0.3 is 0 Å². The van der Waals surface area contributed by atoms with Crippen LogP contribution in [0.5, 0.6) is 0 Å². The normalized spacial score (nSPS) is 29.7. The molecule has 0 radical (unpaired) electrons. The standard InChI is InChI=1S/C16H24N6O4/c1-7-18-10-13(17)20-16(19-8-4-2-3-5-8)21-14(10)22(7)15-12(25)11(24)9(6-23)26-15/h8-9,11-12,15,23-25H,2-6H2,1H3,(H3,17,19,20,21)/t9-,11-,12-,15-/m1/s1. The van der Waals surface area contributed by atoms with Crippen molar-refractivity contribution in [3.05, 3.63) is 5.82 Å². The molecule has 4 atom stereocenters. The maximum Gasteiger partial charge on any atom is 0.226 e. The van der Waals surface area contributed by atoms with Crippen molar-refractivity contribution in [2.75, 3.05) is 17.7 Å². The Bertz CT molecular complexity index is 806. The highest BCUT2D eigenvalue weighted by Gasteiger charge is 2.44. The van der Waals surface area contributed by atoms with E-state index in [4.69, 9.17) is 10.5 Å². The number of imidazole rings is 1. The fraction of sp³-hybridized carbons (Fsp3) is 0.688. The number of nitrogens with two attached hydrogens (primary N) is 1. The van der Waals surface area contributed by atoms with Gasteiger partial charge in [0.2, 0.25) is 5.95 Å². The number of aromatic nitrogens is 4. The molecule has 3 heterocycles. The van der Waals surface area contributed by atoms with Gasteiger partial charge in [0.15, 0.2) is 23.2 Å². The van der Waals surface area contributed by atoms with Gasteiger partial charge in [-0.15, -0.1) is 0 Å². The van der Waals surface area contributed by atoms with E-state index in [1.54, 1.807) is 11.5 Å². The first-order chi connectivity index (χ1) is 12.5. The number of fused-ring (bicyclic) bond motifs is 1. The van der Waals surface area contributed by atoms with Crippen LogP contribution in [0, 0.1) is 6.92 Å². The predicted molar refractivity (Wildman–Crippen MR) is 93.4 cm³/mol. The van der Waals surface area contributed by atoms with Gasteiger partial charge in [0, 0.05) is 6.04 Å². The van der Waals surface area contributed by atoms with E-state index in [-0.39, 0.29) is 5.82 Å². The van der Waals surface area contributed by atoms with Crippen molar-refractivity contribution < 1.29 is 20.1 Å². The predicted octanol–water partition coefficient (Wildman–Crippen LogP) is -0.317. The van der Waals surface area contributed by atoms with E-state index in [0.29, 0.717) is 29.0 Å². The molecule has 1 aliphatic heterocycles. The minimum Gasteiger partial charge on any atom is -0.394 e. The maximum absolute atomic E-state index is 10.4. The van der Waals surface area contributed by atoms with E-state index >= 15 is 0 Å². The van der Waals surface area contributed by atoms with Gasteiger partial charge < -0.3 is 31.1 Å². The Balaban J connectivity index is 1.74. The molecule has 142 valence electrons. The lowest BCUT2D eigenvalue weighted by Gasteiger charge is -2.19.